The molecule has 71 heavy (non-hydrogen) atoms. The van der Waals surface area contributed by atoms with Crippen molar-refractivity contribution in [1.29, 1.82) is 0 Å². The van der Waals surface area contributed by atoms with Crippen LogP contribution in [-0.4, -0.2) is 145 Å². The summed E-state index contributed by atoms with van der Waals surface area (Å²) in [5.41, 5.74) is 11.7. The molecule has 382 valence electrons. The van der Waals surface area contributed by atoms with E-state index in [0.29, 0.717) is 52.0 Å². The van der Waals surface area contributed by atoms with Gasteiger partial charge in [-0.3, -0.25) is 34.1 Å². The number of likely N-dealkylation sites (N-methyl/N-ethyl adjacent to an activating group) is 2. The van der Waals surface area contributed by atoms with Gasteiger partial charge in [0.1, 0.15) is 12.1 Å². The zero-order chi connectivity index (χ0) is 51.1. The number of aryl methyl sites for hydroxylation is 1. The number of nitrogens with zero attached hydrogens (tertiary/aromatic N) is 6. The molecule has 1 aromatic heterocycles. The second-order valence-corrected chi connectivity index (χ2v) is 21.3. The van der Waals surface area contributed by atoms with Crippen LogP contribution in [0.3, 0.4) is 0 Å². The second-order valence-electron chi connectivity index (χ2n) is 21.3. The number of carbonyl (C=O) groups is 4. The number of cyclic esters (lactones) is 1. The van der Waals surface area contributed by atoms with Gasteiger partial charge in [-0.05, 0) is 130 Å². The molecule has 2 aromatic carbocycles. The lowest BCUT2D eigenvalue weighted by molar-refractivity contribution is -0.155. The van der Waals surface area contributed by atoms with Gasteiger partial charge >= 0.3 is 5.97 Å². The van der Waals surface area contributed by atoms with Crippen LogP contribution >= 0.6 is 0 Å². The van der Waals surface area contributed by atoms with Gasteiger partial charge in [0, 0.05) is 87.6 Å². The highest BCUT2D eigenvalue weighted by Crippen LogP contribution is 2.37. The number of allylic oxidation sites excluding steroid dienone is 1. The SMILES string of the molecule is C=CC(=O)N1CCC(CN(C)[C@H](C(=O)N[C@H]2Cc3cccc(c3)-c3ccc4c(c3)c(c(/C=C(/N=CC(=C)C3=CCN(C)CC3)[C@H](C)OC)n4CC)CC(C)(C)COC(=O)[C@@H]3CCCN(N3)C2=O)C(C)C)C1. The molecule has 0 radical (unpaired) electrons. The minimum absolute atomic E-state index is 0.0746. The number of likely N-dealkylation sites (tertiary alicyclic amines) is 1. The third-order valence-electron chi connectivity index (χ3n) is 14.8. The van der Waals surface area contributed by atoms with Gasteiger partial charge in [-0.1, -0.05) is 77.3 Å². The van der Waals surface area contributed by atoms with Crippen molar-refractivity contribution in [2.45, 2.75) is 111 Å². The molecule has 7 rings (SSSR count). The molecule has 3 aromatic rings. The second kappa shape index (κ2) is 23.3. The molecule has 5 heterocycles. The Morgan fingerprint density at radius 2 is 1.86 bits per heavy atom. The maximum Gasteiger partial charge on any atom is 0.324 e. The third-order valence-corrected chi connectivity index (χ3v) is 14.8. The number of aromatic nitrogens is 1. The normalized spacial score (nSPS) is 22.4. The highest BCUT2D eigenvalue weighted by atomic mass is 16.5. The van der Waals surface area contributed by atoms with E-state index < -0.39 is 29.5 Å². The van der Waals surface area contributed by atoms with Crippen molar-refractivity contribution >= 4 is 46.9 Å². The lowest BCUT2D eigenvalue weighted by atomic mass is 9.85. The minimum Gasteiger partial charge on any atom is -0.464 e. The van der Waals surface area contributed by atoms with E-state index in [-0.39, 0.29) is 48.7 Å². The van der Waals surface area contributed by atoms with Crippen LogP contribution in [-0.2, 0) is 48.0 Å². The zero-order valence-corrected chi connectivity index (χ0v) is 43.8. The monoisotopic (exact) mass is 971 g/mol. The van der Waals surface area contributed by atoms with Crippen LogP contribution in [0.4, 0.5) is 0 Å². The number of carbonyl (C=O) groups excluding carboxylic acids is 4. The van der Waals surface area contributed by atoms with Crippen LogP contribution in [0.1, 0.15) is 84.0 Å². The summed E-state index contributed by atoms with van der Waals surface area (Å²) in [6.45, 7) is 25.4. The minimum atomic E-state index is -0.939. The Balaban J connectivity index is 1.27. The number of benzene rings is 2. The number of hydrogen-bond acceptors (Lipinski definition) is 10. The van der Waals surface area contributed by atoms with Crippen molar-refractivity contribution in [1.82, 2.24) is 35.0 Å². The number of hydrazine groups is 1. The van der Waals surface area contributed by atoms with Crippen LogP contribution in [0.5, 0.6) is 0 Å². The molecule has 0 saturated carbocycles. The van der Waals surface area contributed by atoms with Crippen molar-refractivity contribution in [2.24, 2.45) is 22.2 Å². The first-order chi connectivity index (χ1) is 33.9. The van der Waals surface area contributed by atoms with Crippen molar-refractivity contribution in [3.63, 3.8) is 0 Å². The maximum absolute atomic E-state index is 14.8. The fraction of sp³-hybridized carbons (Fsp3) is 0.526. The number of ether oxygens (including phenoxy) is 2. The van der Waals surface area contributed by atoms with E-state index in [2.05, 4.69) is 109 Å². The standard InChI is InChI=1S/C57H78N8O6/c1-12-52(66)63-27-21-41(35-63)34-62(10)53(37(3)4)54(67)59-49-29-40-16-14-17-43(28-40)44-19-20-50-45(30-44)46(32-57(7,8)36-71-56(69)47-18-15-24-65(60-47)55(49)68)51(64(50)13-2)31-48(39(6)70-11)58-33-38(5)42-22-25-61(9)26-23-42/h12,14,16-17,19-20,22,28,30-31,33,37,39,41,47,49,53,60H,1,5,13,15,18,21,23-27,29,32,34-36H2,2-4,6-11H3,(H,59,67)/b48-31+,58-33?/t39-,41?,47-,49-,53-/m0/s1. The lowest BCUT2D eigenvalue weighted by Crippen LogP contribution is -2.62. The molecule has 4 aliphatic rings. The number of rotatable bonds is 14. The van der Waals surface area contributed by atoms with Gasteiger partial charge in [-0.15, -0.1) is 0 Å². The quantitative estimate of drug-likeness (QED) is 0.0973. The van der Waals surface area contributed by atoms with Crippen LogP contribution < -0.4 is 10.7 Å². The smallest absolute Gasteiger partial charge is 0.324 e. The Labute approximate surface area is 421 Å². The fourth-order valence-electron chi connectivity index (χ4n) is 10.7. The summed E-state index contributed by atoms with van der Waals surface area (Å²) >= 11 is 0. The molecular weight excluding hydrogens is 893 g/mol. The number of methoxy groups -OCH3 is 1. The van der Waals surface area contributed by atoms with E-state index in [1.165, 1.54) is 16.7 Å². The molecule has 5 atom stereocenters. The Morgan fingerprint density at radius 3 is 2.56 bits per heavy atom. The molecule has 4 aliphatic heterocycles. The van der Waals surface area contributed by atoms with E-state index in [0.717, 1.165) is 76.1 Å². The molecule has 14 nitrogen and oxygen atoms in total. The van der Waals surface area contributed by atoms with Crippen molar-refractivity contribution in [3.05, 3.63) is 101 Å². The number of fused-ring (bicyclic) bond motifs is 6. The van der Waals surface area contributed by atoms with E-state index in [9.17, 15) is 19.2 Å². The molecule has 14 heteroatoms. The van der Waals surface area contributed by atoms with Crippen LogP contribution in [0.25, 0.3) is 28.1 Å². The van der Waals surface area contributed by atoms with E-state index in [1.807, 2.05) is 46.2 Å². The summed E-state index contributed by atoms with van der Waals surface area (Å²) in [6, 6.07) is 12.6. The summed E-state index contributed by atoms with van der Waals surface area (Å²) in [4.78, 5) is 66.9. The molecule has 0 aliphatic carbocycles. The van der Waals surface area contributed by atoms with E-state index >= 15 is 0 Å². The maximum atomic E-state index is 14.8. The largest absolute Gasteiger partial charge is 0.464 e. The van der Waals surface area contributed by atoms with Gasteiger partial charge in [0.15, 0.2) is 0 Å². The first kappa shape index (κ1) is 53.1. The Morgan fingerprint density at radius 1 is 1.08 bits per heavy atom. The molecule has 2 fully saturated rings. The summed E-state index contributed by atoms with van der Waals surface area (Å²) in [5.74, 6) is -0.939. The van der Waals surface area contributed by atoms with Gasteiger partial charge < -0.3 is 29.2 Å². The number of aliphatic imine (C=N–C) groups is 1. The van der Waals surface area contributed by atoms with Gasteiger partial charge in [0.05, 0.1) is 24.4 Å². The molecule has 6 bridgehead atoms. The first-order valence-corrected chi connectivity index (χ1v) is 25.7. The third kappa shape index (κ3) is 12.7. The van der Waals surface area contributed by atoms with E-state index in [4.69, 9.17) is 14.5 Å². The molecule has 2 saturated heterocycles. The summed E-state index contributed by atoms with van der Waals surface area (Å²) < 4.78 is 14.4. The van der Waals surface area contributed by atoms with Gasteiger partial charge in [-0.2, -0.15) is 0 Å². The van der Waals surface area contributed by atoms with Gasteiger partial charge in [0.25, 0.3) is 5.91 Å². The molecular formula is C57H78N8O6. The van der Waals surface area contributed by atoms with Crippen molar-refractivity contribution in [3.8, 4) is 11.1 Å². The number of esters is 1. The van der Waals surface area contributed by atoms with Crippen LogP contribution in [0.15, 0.2) is 89.6 Å². The Bertz CT molecular complexity index is 2570. The van der Waals surface area contributed by atoms with Crippen LogP contribution in [0.2, 0.25) is 0 Å². The summed E-state index contributed by atoms with van der Waals surface area (Å²) in [6.07, 6.45) is 10.9. The summed E-state index contributed by atoms with van der Waals surface area (Å²) in [5, 5.41) is 5.79. The summed E-state index contributed by atoms with van der Waals surface area (Å²) in [7, 11) is 5.76. The van der Waals surface area contributed by atoms with Crippen molar-refractivity contribution in [2.75, 3.05) is 67.1 Å². The highest BCUT2D eigenvalue weighted by molar-refractivity contribution is 5.93. The topological polar surface area (TPSA) is 141 Å². The zero-order valence-electron chi connectivity index (χ0n) is 43.8. The fourth-order valence-corrected chi connectivity index (χ4v) is 10.7. The number of hydrogen-bond donors (Lipinski definition) is 2. The average Bonchev–Trinajstić information content (AvgIpc) is 3.94. The Kier molecular flexibility index (Phi) is 17.4. The molecule has 2 N–H and O–H groups in total. The van der Waals surface area contributed by atoms with Gasteiger partial charge in [-0.25, -0.2) is 5.43 Å². The predicted octanol–water partition coefficient (Wildman–Crippen LogP) is 7.23. The predicted molar refractivity (Wildman–Crippen MR) is 283 cm³/mol. The van der Waals surface area contributed by atoms with E-state index in [1.54, 1.807) is 12.0 Å². The number of amides is 3. The Hall–Kier alpha value is -5.67. The first-order valence-electron chi connectivity index (χ1n) is 25.7. The van der Waals surface area contributed by atoms with Crippen molar-refractivity contribution < 1.29 is 28.7 Å². The number of nitrogens with one attached hydrogen (secondary N) is 2. The molecule has 3 amide bonds. The molecule has 1 unspecified atom stereocenters. The molecule has 0 spiro atoms. The van der Waals surface area contributed by atoms with Gasteiger partial charge in [0.2, 0.25) is 11.8 Å². The highest BCUT2D eigenvalue weighted by Gasteiger charge is 2.38. The average molecular weight is 971 g/mol. The lowest BCUT2D eigenvalue weighted by Gasteiger charge is -2.37. The van der Waals surface area contributed by atoms with Crippen LogP contribution in [0, 0.1) is 17.3 Å².